The Hall–Kier alpha value is -2.60. The molecule has 0 saturated heterocycles. The van der Waals surface area contributed by atoms with Crippen LogP contribution in [0.5, 0.6) is 0 Å². The molecule has 0 atom stereocenters. The highest BCUT2D eigenvalue weighted by atomic mass is 32.2. The average Bonchev–Trinajstić information content (AvgIpc) is 2.78. The second kappa shape index (κ2) is 9.69. The topological polar surface area (TPSA) is 64.0 Å². The second-order valence-electron chi connectivity index (χ2n) is 8.46. The summed E-state index contributed by atoms with van der Waals surface area (Å²) >= 11 is 1.35. The number of hydrogen-bond donors (Lipinski definition) is 1. The van der Waals surface area contributed by atoms with Gasteiger partial charge in [-0.3, -0.25) is 14.2 Å². The number of aromatic nitrogens is 2. The van der Waals surface area contributed by atoms with Crippen molar-refractivity contribution in [3.63, 3.8) is 0 Å². The minimum absolute atomic E-state index is 0.00515. The van der Waals surface area contributed by atoms with E-state index in [4.69, 9.17) is 4.98 Å². The molecule has 31 heavy (non-hydrogen) atoms. The molecule has 3 aromatic rings. The maximum Gasteiger partial charge on any atom is 0.262 e. The lowest BCUT2D eigenvalue weighted by molar-refractivity contribution is -0.113. The number of nitrogens with zero attached hydrogens (tertiary/aromatic N) is 2. The molecule has 2 aromatic carbocycles. The molecule has 0 bridgehead atoms. The van der Waals surface area contributed by atoms with E-state index in [1.807, 2.05) is 53.1 Å². The largest absolute Gasteiger partial charge is 0.325 e. The van der Waals surface area contributed by atoms with Crippen molar-refractivity contribution in [3.05, 3.63) is 64.4 Å². The number of amides is 1. The third-order valence-electron chi connectivity index (χ3n) is 5.90. The highest BCUT2D eigenvalue weighted by Gasteiger charge is 2.22. The lowest BCUT2D eigenvalue weighted by Gasteiger charge is -2.26. The molecular formula is C25H29N3O2S. The zero-order valence-corrected chi connectivity index (χ0v) is 19.0. The van der Waals surface area contributed by atoms with Gasteiger partial charge in [-0.15, -0.1) is 0 Å². The summed E-state index contributed by atoms with van der Waals surface area (Å²) in [4.78, 5) is 30.8. The molecule has 1 fully saturated rings. The van der Waals surface area contributed by atoms with Crippen LogP contribution >= 0.6 is 11.8 Å². The first-order valence-corrected chi connectivity index (χ1v) is 12.1. The van der Waals surface area contributed by atoms with Crippen molar-refractivity contribution >= 4 is 34.3 Å². The molecule has 1 aliphatic rings. The van der Waals surface area contributed by atoms with Crippen LogP contribution in [0, 0.1) is 0 Å². The number of carbonyl (C=O) groups excluding carboxylic acids is 1. The molecule has 1 amide bonds. The van der Waals surface area contributed by atoms with Crippen LogP contribution in [0.4, 0.5) is 5.69 Å². The Bertz CT molecular complexity index is 1130. The van der Waals surface area contributed by atoms with Crippen molar-refractivity contribution in [1.82, 2.24) is 9.55 Å². The molecule has 1 aromatic heterocycles. The Kier molecular flexibility index (Phi) is 6.76. The first-order valence-electron chi connectivity index (χ1n) is 11.1. The molecule has 1 N–H and O–H groups in total. The molecule has 0 unspecified atom stereocenters. The normalized spacial score (nSPS) is 14.8. The molecular weight excluding hydrogens is 406 g/mol. The quantitative estimate of drug-likeness (QED) is 0.395. The van der Waals surface area contributed by atoms with E-state index in [9.17, 15) is 9.59 Å². The van der Waals surface area contributed by atoms with Gasteiger partial charge in [-0.05, 0) is 42.5 Å². The number of hydrogen-bond acceptors (Lipinski definition) is 4. The molecule has 0 aliphatic heterocycles. The van der Waals surface area contributed by atoms with E-state index in [1.54, 1.807) is 0 Å². The van der Waals surface area contributed by atoms with Crippen molar-refractivity contribution in [2.75, 3.05) is 11.1 Å². The van der Waals surface area contributed by atoms with Crippen LogP contribution in [0.1, 0.15) is 63.5 Å². The summed E-state index contributed by atoms with van der Waals surface area (Å²) in [5.41, 5.74) is 2.65. The van der Waals surface area contributed by atoms with Gasteiger partial charge in [-0.1, -0.05) is 75.2 Å². The summed E-state index contributed by atoms with van der Waals surface area (Å²) in [6.07, 6.45) is 5.44. The van der Waals surface area contributed by atoms with Gasteiger partial charge >= 0.3 is 0 Å². The molecule has 0 radical (unpaired) electrons. The molecule has 1 saturated carbocycles. The number of para-hydroxylation sites is 2. The molecule has 1 aliphatic carbocycles. The van der Waals surface area contributed by atoms with Crippen molar-refractivity contribution in [2.45, 2.75) is 63.1 Å². The van der Waals surface area contributed by atoms with Crippen molar-refractivity contribution in [3.8, 4) is 0 Å². The zero-order chi connectivity index (χ0) is 21.8. The van der Waals surface area contributed by atoms with E-state index in [2.05, 4.69) is 19.2 Å². The average molecular weight is 436 g/mol. The highest BCUT2D eigenvalue weighted by Crippen LogP contribution is 2.31. The van der Waals surface area contributed by atoms with Gasteiger partial charge in [0, 0.05) is 11.7 Å². The van der Waals surface area contributed by atoms with E-state index in [1.165, 1.54) is 18.2 Å². The Labute approximate surface area is 187 Å². The first-order chi connectivity index (χ1) is 15.0. The standard InChI is InChI=1S/C25H29N3O2S/c1-17(2)19-12-6-8-14-21(19)26-23(29)16-31-25-27-22-15-9-7-13-20(22)24(30)28(25)18-10-4-3-5-11-18/h6-9,12-15,17-18H,3-5,10-11,16H2,1-2H3,(H,26,29). The van der Waals surface area contributed by atoms with Crippen LogP contribution in [-0.4, -0.2) is 21.2 Å². The lowest BCUT2D eigenvalue weighted by Crippen LogP contribution is -2.29. The van der Waals surface area contributed by atoms with Gasteiger partial charge in [0.1, 0.15) is 0 Å². The predicted molar refractivity (Wildman–Crippen MR) is 128 cm³/mol. The van der Waals surface area contributed by atoms with Gasteiger partial charge in [0.05, 0.1) is 16.7 Å². The Morgan fingerprint density at radius 1 is 1.10 bits per heavy atom. The fraction of sp³-hybridized carbons (Fsp3) is 0.400. The molecule has 6 heteroatoms. The first kappa shape index (κ1) is 21.6. The third-order valence-corrected chi connectivity index (χ3v) is 6.86. The molecule has 4 rings (SSSR count). The fourth-order valence-electron chi connectivity index (χ4n) is 4.32. The summed E-state index contributed by atoms with van der Waals surface area (Å²) in [6, 6.07) is 15.5. The number of nitrogens with one attached hydrogen (secondary N) is 1. The predicted octanol–water partition coefficient (Wildman–Crippen LogP) is 5.76. The molecule has 0 spiro atoms. The van der Waals surface area contributed by atoms with Crippen LogP contribution in [0.15, 0.2) is 58.5 Å². The van der Waals surface area contributed by atoms with Crippen LogP contribution in [0.25, 0.3) is 10.9 Å². The summed E-state index contributed by atoms with van der Waals surface area (Å²) in [6.45, 7) is 4.23. The maximum absolute atomic E-state index is 13.3. The smallest absolute Gasteiger partial charge is 0.262 e. The molecule has 1 heterocycles. The zero-order valence-electron chi connectivity index (χ0n) is 18.1. The third kappa shape index (κ3) is 4.85. The van der Waals surface area contributed by atoms with Gasteiger partial charge in [0.15, 0.2) is 5.16 Å². The summed E-state index contributed by atoms with van der Waals surface area (Å²) in [5.74, 6) is 0.447. The maximum atomic E-state index is 13.3. The number of benzene rings is 2. The van der Waals surface area contributed by atoms with Crippen LogP contribution in [0.2, 0.25) is 0 Å². The number of anilines is 1. The van der Waals surface area contributed by atoms with Gasteiger partial charge in [0.25, 0.3) is 5.56 Å². The Morgan fingerprint density at radius 3 is 2.58 bits per heavy atom. The van der Waals surface area contributed by atoms with E-state index >= 15 is 0 Å². The van der Waals surface area contributed by atoms with Gasteiger partial charge in [-0.25, -0.2) is 4.98 Å². The summed E-state index contributed by atoms with van der Waals surface area (Å²) in [5, 5.41) is 4.33. The van der Waals surface area contributed by atoms with E-state index in [0.717, 1.165) is 36.9 Å². The van der Waals surface area contributed by atoms with Crippen molar-refractivity contribution in [2.24, 2.45) is 0 Å². The summed E-state index contributed by atoms with van der Waals surface area (Å²) in [7, 11) is 0. The van der Waals surface area contributed by atoms with Crippen LogP contribution in [-0.2, 0) is 4.79 Å². The van der Waals surface area contributed by atoms with Crippen LogP contribution in [0.3, 0.4) is 0 Å². The molecule has 5 nitrogen and oxygen atoms in total. The SMILES string of the molecule is CC(C)c1ccccc1NC(=O)CSc1nc2ccccc2c(=O)n1C1CCCCC1. The summed E-state index contributed by atoms with van der Waals surface area (Å²) < 4.78 is 1.85. The lowest BCUT2D eigenvalue weighted by atomic mass is 9.95. The molecule has 162 valence electrons. The minimum Gasteiger partial charge on any atom is -0.325 e. The minimum atomic E-state index is -0.0873. The van der Waals surface area contributed by atoms with Gasteiger partial charge in [0.2, 0.25) is 5.91 Å². The van der Waals surface area contributed by atoms with E-state index in [-0.39, 0.29) is 23.3 Å². The highest BCUT2D eigenvalue weighted by molar-refractivity contribution is 7.99. The fourth-order valence-corrected chi connectivity index (χ4v) is 5.19. The second-order valence-corrected chi connectivity index (χ2v) is 9.40. The van der Waals surface area contributed by atoms with Crippen molar-refractivity contribution in [1.29, 1.82) is 0 Å². The number of fused-ring (bicyclic) bond motifs is 1. The van der Waals surface area contributed by atoms with Gasteiger partial charge in [-0.2, -0.15) is 0 Å². The monoisotopic (exact) mass is 435 g/mol. The van der Waals surface area contributed by atoms with E-state index in [0.29, 0.717) is 22.0 Å². The number of carbonyl (C=O) groups is 1. The Morgan fingerprint density at radius 2 is 1.81 bits per heavy atom. The van der Waals surface area contributed by atoms with Gasteiger partial charge < -0.3 is 5.32 Å². The Balaban J connectivity index is 1.59. The van der Waals surface area contributed by atoms with E-state index < -0.39 is 0 Å². The van der Waals surface area contributed by atoms with Crippen LogP contribution < -0.4 is 10.9 Å². The number of thioether (sulfide) groups is 1. The number of rotatable bonds is 6. The van der Waals surface area contributed by atoms with Crippen molar-refractivity contribution < 1.29 is 4.79 Å².